The molecule has 1 saturated heterocycles. The average Bonchev–Trinajstić information content (AvgIpc) is 3.37. The van der Waals surface area contributed by atoms with Crippen LogP contribution in [0.3, 0.4) is 0 Å². The van der Waals surface area contributed by atoms with Gasteiger partial charge in [0.25, 0.3) is 0 Å². The Labute approximate surface area is 258 Å². The number of benzene rings is 2. The van der Waals surface area contributed by atoms with Crippen molar-refractivity contribution in [2.24, 2.45) is 11.3 Å². The van der Waals surface area contributed by atoms with Crippen LogP contribution in [-0.2, 0) is 34.0 Å². The molecule has 0 spiro atoms. The first-order valence-corrected chi connectivity index (χ1v) is 15.2. The topological polar surface area (TPSA) is 101 Å². The summed E-state index contributed by atoms with van der Waals surface area (Å²) in [4.78, 5) is 33.8. The summed E-state index contributed by atoms with van der Waals surface area (Å²) in [5.41, 5.74) is 5.79. The zero-order valence-corrected chi connectivity index (χ0v) is 26.3. The molecule has 9 nitrogen and oxygen atoms in total. The molecule has 3 atom stereocenters. The maximum Gasteiger partial charge on any atom is 0.410 e. The molecule has 1 saturated carbocycles. The van der Waals surface area contributed by atoms with Crippen LogP contribution in [0.2, 0.25) is 0 Å². The van der Waals surface area contributed by atoms with Crippen molar-refractivity contribution >= 4 is 17.9 Å². The number of carboxylic acid groups (broad SMARTS) is 1. The minimum atomic E-state index is -0.761. The summed E-state index contributed by atoms with van der Waals surface area (Å²) in [6.45, 7) is 12.1. The highest BCUT2D eigenvalue weighted by Crippen LogP contribution is 2.62. The number of methoxy groups -OCH3 is 1. The van der Waals surface area contributed by atoms with Gasteiger partial charge in [0.1, 0.15) is 23.8 Å². The molecule has 0 radical (unpaired) electrons. The highest BCUT2D eigenvalue weighted by Gasteiger charge is 2.71. The van der Waals surface area contributed by atoms with Crippen LogP contribution in [-0.4, -0.2) is 59.0 Å². The van der Waals surface area contributed by atoms with E-state index in [1.54, 1.807) is 12.0 Å². The van der Waals surface area contributed by atoms with E-state index in [0.29, 0.717) is 39.3 Å². The minimum Gasteiger partial charge on any atom is -0.488 e. The predicted octanol–water partition coefficient (Wildman–Crippen LogP) is 6.12. The number of aromatic nitrogens is 1. The lowest BCUT2D eigenvalue weighted by molar-refractivity contribution is -0.144. The Morgan fingerprint density at radius 3 is 2.57 bits per heavy atom. The molecule has 2 aliphatic heterocycles. The maximum absolute atomic E-state index is 12.7. The van der Waals surface area contributed by atoms with Gasteiger partial charge >= 0.3 is 12.1 Å². The van der Waals surface area contributed by atoms with Gasteiger partial charge in [-0.05, 0) is 93.0 Å². The maximum atomic E-state index is 12.7. The highest BCUT2D eigenvalue weighted by molar-refractivity contribution is 5.82. The summed E-state index contributed by atoms with van der Waals surface area (Å²) < 4.78 is 17.6. The SMILES string of the molecule is COC[C@H]1N(c2cccc(-c3cccc(C)c3OCc3ccc4c(c3C)CN(C(=O)OC(C)(C)C)C4)n2)C[C@@H]2C[C@@]21C(=O)O. The third-order valence-corrected chi connectivity index (χ3v) is 9.32. The van der Waals surface area contributed by atoms with Crippen LogP contribution in [0.15, 0.2) is 48.5 Å². The number of hydrogen-bond donors (Lipinski definition) is 1. The van der Waals surface area contributed by atoms with Crippen molar-refractivity contribution in [2.45, 2.75) is 72.4 Å². The van der Waals surface area contributed by atoms with Crippen LogP contribution in [0.25, 0.3) is 11.3 Å². The molecule has 44 heavy (non-hydrogen) atoms. The van der Waals surface area contributed by atoms with Crippen LogP contribution in [0.5, 0.6) is 5.75 Å². The number of carboxylic acids is 1. The van der Waals surface area contributed by atoms with Gasteiger partial charge in [0.15, 0.2) is 0 Å². The second kappa shape index (κ2) is 11.1. The van der Waals surface area contributed by atoms with Crippen LogP contribution in [0.4, 0.5) is 10.6 Å². The van der Waals surface area contributed by atoms with Crippen LogP contribution in [0.1, 0.15) is 55.0 Å². The van der Waals surface area contributed by atoms with E-state index in [4.69, 9.17) is 19.2 Å². The van der Waals surface area contributed by atoms with E-state index in [0.717, 1.165) is 50.6 Å². The molecular formula is C35H41N3O6. The summed E-state index contributed by atoms with van der Waals surface area (Å²) in [6, 6.07) is 15.8. The summed E-state index contributed by atoms with van der Waals surface area (Å²) in [5.74, 6) is 0.855. The predicted molar refractivity (Wildman–Crippen MR) is 167 cm³/mol. The zero-order valence-electron chi connectivity index (χ0n) is 26.3. The Kier molecular flexibility index (Phi) is 7.56. The molecular weight excluding hydrogens is 558 g/mol. The molecule has 0 unspecified atom stereocenters. The number of nitrogens with zero attached hydrogens (tertiary/aromatic N) is 3. The summed E-state index contributed by atoms with van der Waals surface area (Å²) in [7, 11) is 1.61. The van der Waals surface area contributed by atoms with Gasteiger partial charge in [0, 0.05) is 32.3 Å². The highest BCUT2D eigenvalue weighted by atomic mass is 16.6. The quantitative estimate of drug-likeness (QED) is 0.331. The molecule has 0 bridgehead atoms. The Hall–Kier alpha value is -4.11. The lowest BCUT2D eigenvalue weighted by Crippen LogP contribution is -2.43. The van der Waals surface area contributed by atoms with Crippen molar-refractivity contribution < 1.29 is 28.9 Å². The number of aryl methyl sites for hydroxylation is 1. The van der Waals surface area contributed by atoms with Gasteiger partial charge in [-0.25, -0.2) is 9.78 Å². The van der Waals surface area contributed by atoms with E-state index in [9.17, 15) is 14.7 Å². The van der Waals surface area contributed by atoms with Gasteiger partial charge in [0.2, 0.25) is 0 Å². The number of amides is 1. The molecule has 3 aromatic rings. The number of hydrogen-bond acceptors (Lipinski definition) is 7. The Morgan fingerprint density at radius 2 is 1.84 bits per heavy atom. The van der Waals surface area contributed by atoms with E-state index in [2.05, 4.69) is 24.0 Å². The van der Waals surface area contributed by atoms with Crippen molar-refractivity contribution in [3.8, 4) is 17.0 Å². The van der Waals surface area contributed by atoms with Gasteiger partial charge < -0.3 is 24.2 Å². The Balaban J connectivity index is 1.22. The molecule has 2 fully saturated rings. The lowest BCUT2D eigenvalue weighted by Gasteiger charge is -2.31. The van der Waals surface area contributed by atoms with Crippen LogP contribution >= 0.6 is 0 Å². The van der Waals surface area contributed by atoms with E-state index in [1.807, 2.05) is 64.1 Å². The number of piperidine rings is 1. The zero-order chi connectivity index (χ0) is 31.4. The second-order valence-corrected chi connectivity index (χ2v) is 13.3. The third-order valence-electron chi connectivity index (χ3n) is 9.32. The first-order valence-electron chi connectivity index (χ1n) is 15.2. The molecule has 3 aliphatic rings. The standard InChI is InChI=1S/C35H41N3O6/c1-21-9-7-10-26(28-11-8-12-30(36-28)38-17-25-15-35(25,32(39)40)29(38)20-42-6)31(21)43-19-24-14-13-23-16-37(18-27(23)22(24)2)33(41)44-34(3,4)5/h7-14,25,29H,15-20H2,1-6H3,(H,39,40)/t25-,29+,35+/m0/s1. The van der Waals surface area contributed by atoms with Gasteiger partial charge in [0.05, 0.1) is 23.8 Å². The molecule has 232 valence electrons. The lowest BCUT2D eigenvalue weighted by atomic mass is 9.97. The first-order chi connectivity index (χ1) is 20.9. The molecule has 1 aromatic heterocycles. The molecule has 1 amide bonds. The number of rotatable bonds is 8. The van der Waals surface area contributed by atoms with Gasteiger partial charge in [-0.15, -0.1) is 0 Å². The molecule has 3 heterocycles. The minimum absolute atomic E-state index is 0.107. The summed E-state index contributed by atoms with van der Waals surface area (Å²) in [6.07, 6.45) is 0.381. The van der Waals surface area contributed by atoms with Crippen molar-refractivity contribution in [1.82, 2.24) is 9.88 Å². The molecule has 1 N–H and O–H groups in total. The summed E-state index contributed by atoms with van der Waals surface area (Å²) >= 11 is 0. The Morgan fingerprint density at radius 1 is 1.07 bits per heavy atom. The van der Waals surface area contributed by atoms with Crippen molar-refractivity contribution in [2.75, 3.05) is 25.2 Å². The van der Waals surface area contributed by atoms with E-state index < -0.39 is 17.0 Å². The fourth-order valence-electron chi connectivity index (χ4n) is 6.90. The number of carbonyl (C=O) groups excluding carboxylic acids is 1. The van der Waals surface area contributed by atoms with Gasteiger partial charge in [-0.2, -0.15) is 0 Å². The summed E-state index contributed by atoms with van der Waals surface area (Å²) in [5, 5.41) is 10.0. The number of pyridine rings is 1. The third kappa shape index (κ3) is 5.27. The van der Waals surface area contributed by atoms with E-state index in [-0.39, 0.29) is 18.1 Å². The average molecular weight is 600 g/mol. The molecule has 2 aromatic carbocycles. The van der Waals surface area contributed by atoms with Gasteiger partial charge in [-0.3, -0.25) is 9.69 Å². The fourth-order valence-corrected chi connectivity index (χ4v) is 6.90. The van der Waals surface area contributed by atoms with E-state index in [1.165, 1.54) is 0 Å². The van der Waals surface area contributed by atoms with Crippen molar-refractivity contribution in [1.29, 1.82) is 0 Å². The van der Waals surface area contributed by atoms with Crippen molar-refractivity contribution in [3.05, 3.63) is 76.3 Å². The number of fused-ring (bicyclic) bond motifs is 2. The fraction of sp³-hybridized carbons (Fsp3) is 0.457. The number of ether oxygens (including phenoxy) is 3. The smallest absolute Gasteiger partial charge is 0.410 e. The monoisotopic (exact) mass is 599 g/mol. The number of carbonyl (C=O) groups is 2. The second-order valence-electron chi connectivity index (χ2n) is 13.3. The number of para-hydroxylation sites is 1. The van der Waals surface area contributed by atoms with Crippen molar-refractivity contribution in [3.63, 3.8) is 0 Å². The van der Waals surface area contributed by atoms with E-state index >= 15 is 0 Å². The number of anilines is 1. The normalized spacial score (nSPS) is 22.0. The van der Waals surface area contributed by atoms with Crippen LogP contribution < -0.4 is 9.64 Å². The van der Waals surface area contributed by atoms with Gasteiger partial charge in [-0.1, -0.05) is 30.3 Å². The van der Waals surface area contributed by atoms with Crippen LogP contribution in [0, 0.1) is 25.2 Å². The number of aliphatic carboxylic acids is 1. The molecule has 9 heteroatoms. The first kappa shape index (κ1) is 29.9. The Bertz CT molecular complexity index is 1610. The molecule has 6 rings (SSSR count). The largest absolute Gasteiger partial charge is 0.488 e. The molecule has 1 aliphatic carbocycles.